The van der Waals surface area contributed by atoms with Crippen LogP contribution < -0.4 is 0 Å². The van der Waals surface area contributed by atoms with Gasteiger partial charge in [-0.25, -0.2) is 0 Å². The van der Waals surface area contributed by atoms with Crippen LogP contribution in [0.25, 0.3) is 0 Å². The Balaban J connectivity index is 0. The normalized spacial score (nSPS) is 3.00. The summed E-state index contributed by atoms with van der Waals surface area (Å²) in [5.41, 5.74) is 0. The van der Waals surface area contributed by atoms with E-state index in [1.807, 2.05) is 0 Å². The zero-order valence-corrected chi connectivity index (χ0v) is 3.38. The molecule has 0 aromatic carbocycles. The van der Waals surface area contributed by atoms with Crippen LogP contribution in [0, 0.1) is 0 Å². The van der Waals surface area contributed by atoms with E-state index < -0.39 is 0 Å². The molecule has 0 saturated carbocycles. The van der Waals surface area contributed by atoms with Crippen molar-refractivity contribution in [3.8, 4) is 0 Å². The number of halogens is 1. The Morgan fingerprint density at radius 2 is 1.75 bits per heavy atom. The van der Waals surface area contributed by atoms with Crippen LogP contribution in [-0.4, -0.2) is 13.5 Å². The molecule has 0 aliphatic carbocycles. The summed E-state index contributed by atoms with van der Waals surface area (Å²) < 4.78 is 0. The van der Waals surface area contributed by atoms with Gasteiger partial charge in [0.25, 0.3) is 0 Å². The van der Waals surface area contributed by atoms with Crippen molar-refractivity contribution in [1.82, 2.24) is 0 Å². The molecule has 4 heavy (non-hydrogen) atoms. The van der Waals surface area contributed by atoms with Crippen molar-refractivity contribution < 1.29 is 0 Å². The Morgan fingerprint density at radius 1 is 1.75 bits per heavy atom. The molecule has 0 bridgehead atoms. The summed E-state index contributed by atoms with van der Waals surface area (Å²) in [5.74, 6) is 1.50. The van der Waals surface area contributed by atoms with Gasteiger partial charge in [0.15, 0.2) is 0 Å². The average Bonchev–Trinajstić information content (AvgIpc) is 0.918. The molecule has 0 heterocycles. The molecule has 0 aromatic rings. The summed E-state index contributed by atoms with van der Waals surface area (Å²) >= 11 is 0. The Morgan fingerprint density at radius 3 is 1.75 bits per heavy atom. The molecule has 1 radical (unpaired) electrons. The maximum atomic E-state index is 4.72. The molecule has 0 aromatic heterocycles. The van der Waals surface area contributed by atoms with Crippen LogP contribution >= 0.6 is 12.4 Å². The van der Waals surface area contributed by atoms with Crippen molar-refractivity contribution >= 4 is 25.9 Å². The molecule has 0 fully saturated rings. The van der Waals surface area contributed by atoms with E-state index in [2.05, 4.69) is 0 Å². The Labute approximate surface area is 33.7 Å². The van der Waals surface area contributed by atoms with E-state index in [9.17, 15) is 0 Å². The first-order valence-electron chi connectivity index (χ1n) is 0.911. The molecular weight excluding hydrogens is 70.3 g/mol. The van der Waals surface area contributed by atoms with E-state index in [-0.39, 0.29) is 12.4 Å². The summed E-state index contributed by atoms with van der Waals surface area (Å²) in [6.07, 6.45) is 0. The van der Waals surface area contributed by atoms with Crippen LogP contribution in [0.2, 0.25) is 0 Å². The number of hydrogen-bond acceptors (Lipinski definition) is 0. The minimum atomic E-state index is 0. The fourth-order valence-electron chi connectivity index (χ4n) is 0. The average molecular weight is 75.3 g/mol. The molecular formula is C2H5BCl. The molecule has 0 aliphatic rings. The fourth-order valence-corrected chi connectivity index (χ4v) is 0. The predicted molar refractivity (Wildman–Crippen MR) is 24.7 cm³/mol. The van der Waals surface area contributed by atoms with E-state index in [4.69, 9.17) is 7.49 Å². The molecule has 0 aliphatic heterocycles. The van der Waals surface area contributed by atoms with Gasteiger partial charge >= 0.3 is 20.4 Å². The Bertz CT molecular complexity index is 13.5. The van der Waals surface area contributed by atoms with Crippen LogP contribution in [-0.2, 0) is 0 Å². The van der Waals surface area contributed by atoms with Crippen molar-refractivity contribution in [2.75, 3.05) is 0 Å². The van der Waals surface area contributed by atoms with Crippen LogP contribution in [0.15, 0.2) is 0 Å². The molecule has 23 valence electrons. The zero-order valence-electron chi connectivity index (χ0n) is 2.56. The zero-order chi connectivity index (χ0) is 2.71. The van der Waals surface area contributed by atoms with Crippen molar-refractivity contribution in [2.24, 2.45) is 0 Å². The molecule has 0 atom stereocenters. The minimum absolute atomic E-state index is 0. The predicted octanol–water partition coefficient (Wildman–Crippen LogP) is 0.399. The molecule has 0 unspecified atom stereocenters. The molecule has 0 nitrogen and oxygen atoms in total. The summed E-state index contributed by atoms with van der Waals surface area (Å²) in [4.78, 5) is 0. The maximum absolute atomic E-state index is 4.72. The summed E-state index contributed by atoms with van der Waals surface area (Å²) in [6.45, 7) is 1.78. The van der Waals surface area contributed by atoms with Gasteiger partial charge in [-0.05, 0) is 0 Å². The van der Waals surface area contributed by atoms with Gasteiger partial charge in [0.1, 0.15) is 0 Å². The molecule has 0 N–H and O–H groups in total. The Hall–Kier alpha value is 0.225. The molecule has 0 spiro atoms. The second kappa shape index (κ2) is 10.6. The van der Waals surface area contributed by atoms with Crippen molar-refractivity contribution in [1.29, 1.82) is 0 Å². The second-order valence-electron chi connectivity index (χ2n) is 0.333. The quantitative estimate of drug-likeness (QED) is 0.366. The van der Waals surface area contributed by atoms with Crippen molar-refractivity contribution in [3.63, 3.8) is 0 Å². The third-order valence-electron chi connectivity index (χ3n) is 0. The van der Waals surface area contributed by atoms with E-state index in [1.165, 1.54) is 5.97 Å². The summed E-state index contributed by atoms with van der Waals surface area (Å²) in [7, 11) is 4.72. The number of hydrogen-bond donors (Lipinski definition) is 0. The standard InChI is InChI=1S/C2H4B.ClH/c1-2-3;/h2H,1H3;1H. The fraction of sp³-hybridized carbons (Fsp3) is 0.500. The van der Waals surface area contributed by atoms with E-state index in [0.29, 0.717) is 0 Å². The first kappa shape index (κ1) is 8.88. The van der Waals surface area contributed by atoms with Crippen LogP contribution in [0.4, 0.5) is 0 Å². The van der Waals surface area contributed by atoms with Gasteiger partial charge in [0.2, 0.25) is 0 Å². The first-order valence-corrected chi connectivity index (χ1v) is 0.911. The van der Waals surface area contributed by atoms with Gasteiger partial charge < -0.3 is 0 Å². The SMILES string of the molecule is Cl.[B]=CC. The van der Waals surface area contributed by atoms with Crippen LogP contribution in [0.1, 0.15) is 6.92 Å². The van der Waals surface area contributed by atoms with Gasteiger partial charge in [-0.2, -0.15) is 0 Å². The van der Waals surface area contributed by atoms with Gasteiger partial charge in [0, 0.05) is 0 Å². The van der Waals surface area contributed by atoms with Crippen molar-refractivity contribution in [3.05, 3.63) is 0 Å². The molecule has 2 heteroatoms. The molecule has 0 amide bonds. The third kappa shape index (κ3) is 66.0. The van der Waals surface area contributed by atoms with Crippen molar-refractivity contribution in [2.45, 2.75) is 6.92 Å². The molecule has 0 saturated heterocycles. The van der Waals surface area contributed by atoms with E-state index >= 15 is 0 Å². The Kier molecular flexibility index (Phi) is 23.6. The third-order valence-corrected chi connectivity index (χ3v) is 0. The van der Waals surface area contributed by atoms with Crippen LogP contribution in [0.3, 0.4) is 0 Å². The second-order valence-corrected chi connectivity index (χ2v) is 0.333. The monoisotopic (exact) mass is 75.0 g/mol. The van der Waals surface area contributed by atoms with Gasteiger partial charge in [0.05, 0.1) is 0 Å². The first-order chi connectivity index (χ1) is 1.41. The van der Waals surface area contributed by atoms with Gasteiger partial charge in [-0.15, -0.1) is 12.4 Å². The topological polar surface area (TPSA) is 0 Å². The summed E-state index contributed by atoms with van der Waals surface area (Å²) in [5, 5.41) is 0. The summed E-state index contributed by atoms with van der Waals surface area (Å²) in [6, 6.07) is 0. The van der Waals surface area contributed by atoms with Gasteiger partial charge in [-0.1, -0.05) is 0 Å². The molecule has 0 rings (SSSR count). The number of rotatable bonds is 0. The van der Waals surface area contributed by atoms with E-state index in [1.54, 1.807) is 6.92 Å². The van der Waals surface area contributed by atoms with E-state index in [0.717, 1.165) is 0 Å². The van der Waals surface area contributed by atoms with Crippen LogP contribution in [0.5, 0.6) is 0 Å². The van der Waals surface area contributed by atoms with Gasteiger partial charge in [-0.3, -0.25) is 0 Å².